The van der Waals surface area contributed by atoms with E-state index in [1.54, 1.807) is 7.05 Å². The quantitative estimate of drug-likeness (QED) is 0.845. The van der Waals surface area contributed by atoms with Gasteiger partial charge in [-0.1, -0.05) is 24.3 Å². The molecule has 0 amide bonds. The van der Waals surface area contributed by atoms with E-state index in [0.717, 1.165) is 12.2 Å². The lowest BCUT2D eigenvalue weighted by Gasteiger charge is -2.15. The summed E-state index contributed by atoms with van der Waals surface area (Å²) in [6.45, 7) is 2.69. The third kappa shape index (κ3) is 2.68. The second-order valence-electron chi connectivity index (χ2n) is 4.19. The lowest BCUT2D eigenvalue weighted by molar-refractivity contribution is 0.620. The number of aromatic nitrogens is 4. The number of hydrogen-bond acceptors (Lipinski definition) is 4. The van der Waals surface area contributed by atoms with E-state index < -0.39 is 0 Å². The third-order valence-electron chi connectivity index (χ3n) is 2.89. The predicted molar refractivity (Wildman–Crippen MR) is 65.5 cm³/mol. The Balaban J connectivity index is 2.20. The van der Waals surface area contributed by atoms with Gasteiger partial charge in [-0.15, -0.1) is 10.2 Å². The monoisotopic (exact) mass is 231 g/mol. The highest BCUT2D eigenvalue weighted by Gasteiger charge is 2.15. The van der Waals surface area contributed by atoms with Gasteiger partial charge in [0.05, 0.1) is 7.05 Å². The molecule has 0 aliphatic heterocycles. The van der Waals surface area contributed by atoms with Crippen LogP contribution < -0.4 is 5.73 Å². The van der Waals surface area contributed by atoms with E-state index >= 15 is 0 Å². The fourth-order valence-electron chi connectivity index (χ4n) is 1.99. The molecule has 1 aromatic carbocycles. The molecule has 17 heavy (non-hydrogen) atoms. The normalized spacial score (nSPS) is 12.6. The summed E-state index contributed by atoms with van der Waals surface area (Å²) >= 11 is 0. The first-order valence-corrected chi connectivity index (χ1v) is 5.69. The van der Waals surface area contributed by atoms with Gasteiger partial charge in [0.1, 0.15) is 0 Å². The van der Waals surface area contributed by atoms with Gasteiger partial charge in [-0.3, -0.25) is 0 Å². The summed E-state index contributed by atoms with van der Waals surface area (Å²) in [6, 6.07) is 8.29. The Kier molecular flexibility index (Phi) is 3.49. The molecule has 90 valence electrons. The summed E-state index contributed by atoms with van der Waals surface area (Å²) < 4.78 is 0. The Bertz CT molecular complexity index is 491. The summed E-state index contributed by atoms with van der Waals surface area (Å²) in [5.41, 5.74) is 8.37. The van der Waals surface area contributed by atoms with Crippen LogP contribution in [0.4, 0.5) is 0 Å². The molecule has 0 spiro atoms. The van der Waals surface area contributed by atoms with Gasteiger partial charge in [0.2, 0.25) is 0 Å². The van der Waals surface area contributed by atoms with Crippen molar-refractivity contribution in [2.45, 2.75) is 19.3 Å². The van der Waals surface area contributed by atoms with Gasteiger partial charge in [0, 0.05) is 12.3 Å². The molecule has 5 nitrogen and oxygen atoms in total. The van der Waals surface area contributed by atoms with E-state index in [1.165, 1.54) is 15.9 Å². The van der Waals surface area contributed by atoms with Gasteiger partial charge < -0.3 is 5.73 Å². The van der Waals surface area contributed by atoms with E-state index in [1.807, 2.05) is 12.1 Å². The standard InChI is InChI=1S/C12H17N5/c1-9-5-3-4-6-11(9)10(8-13)7-12-14-16-17(2)15-12/h3-6,10H,7-8,13H2,1-2H3. The Morgan fingerprint density at radius 2 is 2.12 bits per heavy atom. The van der Waals surface area contributed by atoms with Crippen molar-refractivity contribution in [3.05, 3.63) is 41.2 Å². The number of rotatable bonds is 4. The van der Waals surface area contributed by atoms with Crippen molar-refractivity contribution in [2.75, 3.05) is 6.54 Å². The first kappa shape index (κ1) is 11.7. The molecular weight excluding hydrogens is 214 g/mol. The zero-order valence-electron chi connectivity index (χ0n) is 10.2. The SMILES string of the molecule is Cc1ccccc1C(CN)Cc1nnn(C)n1. The van der Waals surface area contributed by atoms with E-state index in [0.29, 0.717) is 6.54 Å². The molecule has 5 heteroatoms. The van der Waals surface area contributed by atoms with Crippen LogP contribution in [0.1, 0.15) is 22.9 Å². The van der Waals surface area contributed by atoms with Crippen molar-refractivity contribution in [1.82, 2.24) is 20.2 Å². The topological polar surface area (TPSA) is 69.6 Å². The Labute approximate surface area is 101 Å². The van der Waals surface area contributed by atoms with Crippen molar-refractivity contribution in [2.24, 2.45) is 12.8 Å². The number of nitrogens with zero attached hydrogens (tertiary/aromatic N) is 4. The van der Waals surface area contributed by atoms with Crippen molar-refractivity contribution in [3.8, 4) is 0 Å². The highest BCUT2D eigenvalue weighted by atomic mass is 15.6. The first-order valence-electron chi connectivity index (χ1n) is 5.69. The molecule has 1 unspecified atom stereocenters. The minimum Gasteiger partial charge on any atom is -0.330 e. The van der Waals surface area contributed by atoms with Crippen molar-refractivity contribution < 1.29 is 0 Å². The lowest BCUT2D eigenvalue weighted by Crippen LogP contribution is -2.16. The van der Waals surface area contributed by atoms with Gasteiger partial charge in [0.15, 0.2) is 5.82 Å². The second-order valence-corrected chi connectivity index (χ2v) is 4.19. The predicted octanol–water partition coefficient (Wildman–Crippen LogP) is 0.804. The number of aryl methyl sites for hydroxylation is 2. The Hall–Kier alpha value is -1.75. The fraction of sp³-hybridized carbons (Fsp3) is 0.417. The van der Waals surface area contributed by atoms with Crippen LogP contribution in [0, 0.1) is 6.92 Å². The van der Waals surface area contributed by atoms with Crippen LogP contribution >= 0.6 is 0 Å². The molecular formula is C12H17N5. The van der Waals surface area contributed by atoms with Crippen LogP contribution in [-0.2, 0) is 13.5 Å². The van der Waals surface area contributed by atoms with Gasteiger partial charge in [-0.25, -0.2) is 0 Å². The Morgan fingerprint density at radius 1 is 1.35 bits per heavy atom. The smallest absolute Gasteiger partial charge is 0.175 e. The summed E-state index contributed by atoms with van der Waals surface area (Å²) in [5, 5.41) is 12.0. The van der Waals surface area contributed by atoms with Crippen molar-refractivity contribution >= 4 is 0 Å². The second kappa shape index (κ2) is 5.05. The highest BCUT2D eigenvalue weighted by molar-refractivity contribution is 5.30. The average molecular weight is 231 g/mol. The van der Waals surface area contributed by atoms with Gasteiger partial charge in [0.25, 0.3) is 0 Å². The lowest BCUT2D eigenvalue weighted by atomic mass is 9.92. The average Bonchev–Trinajstić information content (AvgIpc) is 2.73. The number of benzene rings is 1. The molecule has 2 aromatic rings. The molecule has 1 heterocycles. The van der Waals surface area contributed by atoms with E-state index in [-0.39, 0.29) is 5.92 Å². The third-order valence-corrected chi connectivity index (χ3v) is 2.89. The first-order chi connectivity index (χ1) is 8.20. The molecule has 1 aromatic heterocycles. The maximum absolute atomic E-state index is 5.85. The summed E-state index contributed by atoms with van der Waals surface area (Å²) in [7, 11) is 1.77. The van der Waals surface area contributed by atoms with E-state index in [2.05, 4.69) is 34.5 Å². The molecule has 0 aliphatic rings. The molecule has 0 radical (unpaired) electrons. The van der Waals surface area contributed by atoms with Crippen LogP contribution in [0.3, 0.4) is 0 Å². The summed E-state index contributed by atoms with van der Waals surface area (Å²) in [5.74, 6) is 0.992. The van der Waals surface area contributed by atoms with Crippen LogP contribution in [0.2, 0.25) is 0 Å². The highest BCUT2D eigenvalue weighted by Crippen LogP contribution is 2.21. The number of hydrogen-bond donors (Lipinski definition) is 1. The summed E-state index contributed by atoms with van der Waals surface area (Å²) in [6.07, 6.45) is 0.731. The Morgan fingerprint density at radius 3 is 2.71 bits per heavy atom. The zero-order chi connectivity index (χ0) is 12.3. The van der Waals surface area contributed by atoms with Crippen molar-refractivity contribution in [1.29, 1.82) is 0 Å². The molecule has 0 saturated carbocycles. The van der Waals surface area contributed by atoms with Gasteiger partial charge >= 0.3 is 0 Å². The molecule has 0 fully saturated rings. The summed E-state index contributed by atoms with van der Waals surface area (Å²) in [4.78, 5) is 1.47. The molecule has 1 atom stereocenters. The van der Waals surface area contributed by atoms with Gasteiger partial charge in [-0.05, 0) is 29.8 Å². The number of nitrogens with two attached hydrogens (primary N) is 1. The maximum atomic E-state index is 5.85. The number of tetrazole rings is 1. The molecule has 2 rings (SSSR count). The maximum Gasteiger partial charge on any atom is 0.175 e. The van der Waals surface area contributed by atoms with Crippen LogP contribution in [0.25, 0.3) is 0 Å². The molecule has 2 N–H and O–H groups in total. The zero-order valence-corrected chi connectivity index (χ0v) is 10.2. The molecule has 0 saturated heterocycles. The van der Waals surface area contributed by atoms with Gasteiger partial charge in [-0.2, -0.15) is 4.80 Å². The van der Waals surface area contributed by atoms with Crippen LogP contribution in [0.5, 0.6) is 0 Å². The van der Waals surface area contributed by atoms with Crippen LogP contribution in [-0.4, -0.2) is 26.8 Å². The minimum atomic E-state index is 0.250. The largest absolute Gasteiger partial charge is 0.330 e. The fourth-order valence-corrected chi connectivity index (χ4v) is 1.99. The molecule has 0 bridgehead atoms. The van der Waals surface area contributed by atoms with E-state index in [4.69, 9.17) is 5.73 Å². The van der Waals surface area contributed by atoms with E-state index in [9.17, 15) is 0 Å². The molecule has 0 aliphatic carbocycles. The minimum absolute atomic E-state index is 0.250. The van der Waals surface area contributed by atoms with Crippen LogP contribution in [0.15, 0.2) is 24.3 Å². The van der Waals surface area contributed by atoms with Crippen molar-refractivity contribution in [3.63, 3.8) is 0 Å².